The Morgan fingerprint density at radius 3 is 2.73 bits per heavy atom. The standard InChI is InChI=1S/C11H11NO2S/c1-2-12-8-6-4-3-5-7(8)9(13)10(15)11(12)14/h3-6,13,15H,2H2,1H3. The summed E-state index contributed by atoms with van der Waals surface area (Å²) in [4.78, 5) is 11.9. The topological polar surface area (TPSA) is 42.2 Å². The molecule has 15 heavy (non-hydrogen) atoms. The molecule has 0 atom stereocenters. The SMILES string of the molecule is CCn1c(=O)c(S)c(O)c2ccccc21. The minimum absolute atomic E-state index is 0.0383. The lowest BCUT2D eigenvalue weighted by Crippen LogP contribution is -2.20. The number of benzene rings is 1. The van der Waals surface area contributed by atoms with Crippen LogP contribution in [0.5, 0.6) is 5.75 Å². The van der Waals surface area contributed by atoms with Gasteiger partial charge in [0.1, 0.15) is 10.6 Å². The molecule has 0 aliphatic rings. The number of hydrogen-bond donors (Lipinski definition) is 2. The van der Waals surface area contributed by atoms with E-state index in [1.165, 1.54) is 0 Å². The number of aryl methyl sites for hydroxylation is 1. The molecular weight excluding hydrogens is 210 g/mol. The van der Waals surface area contributed by atoms with Crippen molar-refractivity contribution in [1.29, 1.82) is 0 Å². The molecular formula is C11H11NO2S. The second kappa shape index (κ2) is 3.62. The van der Waals surface area contributed by atoms with Crippen LogP contribution in [0.15, 0.2) is 34.0 Å². The second-order valence-electron chi connectivity index (χ2n) is 3.26. The summed E-state index contributed by atoms with van der Waals surface area (Å²) >= 11 is 4.03. The summed E-state index contributed by atoms with van der Waals surface area (Å²) in [5.74, 6) is -0.0383. The van der Waals surface area contributed by atoms with Crippen molar-refractivity contribution in [3.8, 4) is 5.75 Å². The quantitative estimate of drug-likeness (QED) is 0.723. The van der Waals surface area contributed by atoms with Gasteiger partial charge in [-0.25, -0.2) is 0 Å². The molecule has 0 aliphatic carbocycles. The number of aromatic hydroxyl groups is 1. The van der Waals surface area contributed by atoms with E-state index in [1.807, 2.05) is 25.1 Å². The first-order chi connectivity index (χ1) is 7.16. The lowest BCUT2D eigenvalue weighted by atomic mass is 10.2. The first-order valence-electron chi connectivity index (χ1n) is 4.70. The van der Waals surface area contributed by atoms with E-state index in [-0.39, 0.29) is 16.2 Å². The zero-order chi connectivity index (χ0) is 11.0. The van der Waals surface area contributed by atoms with Gasteiger partial charge in [-0.05, 0) is 19.1 Å². The molecule has 1 aromatic heterocycles. The fourth-order valence-corrected chi connectivity index (χ4v) is 1.93. The summed E-state index contributed by atoms with van der Waals surface area (Å²) in [6.45, 7) is 2.45. The third-order valence-electron chi connectivity index (χ3n) is 2.44. The van der Waals surface area contributed by atoms with Gasteiger partial charge in [-0.2, -0.15) is 0 Å². The predicted octanol–water partition coefficient (Wildman–Crippen LogP) is 2.02. The summed E-state index contributed by atoms with van der Waals surface area (Å²) in [6, 6.07) is 7.24. The summed E-state index contributed by atoms with van der Waals surface area (Å²) in [6.07, 6.45) is 0. The molecule has 3 nitrogen and oxygen atoms in total. The van der Waals surface area contributed by atoms with Crippen molar-refractivity contribution in [2.45, 2.75) is 18.4 Å². The molecule has 1 heterocycles. The van der Waals surface area contributed by atoms with Crippen LogP contribution in [0.25, 0.3) is 10.9 Å². The van der Waals surface area contributed by atoms with Gasteiger partial charge in [0.05, 0.1) is 5.52 Å². The van der Waals surface area contributed by atoms with Gasteiger partial charge in [0.25, 0.3) is 5.56 Å². The fraction of sp³-hybridized carbons (Fsp3) is 0.182. The number of hydrogen-bond acceptors (Lipinski definition) is 3. The molecule has 0 saturated carbocycles. The molecule has 78 valence electrons. The van der Waals surface area contributed by atoms with Crippen molar-refractivity contribution in [3.63, 3.8) is 0 Å². The predicted molar refractivity (Wildman–Crippen MR) is 62.8 cm³/mol. The number of pyridine rings is 1. The van der Waals surface area contributed by atoms with Gasteiger partial charge in [-0.1, -0.05) is 12.1 Å². The molecule has 0 fully saturated rings. The van der Waals surface area contributed by atoms with Crippen LogP contribution in [0, 0.1) is 0 Å². The minimum atomic E-state index is -0.253. The highest BCUT2D eigenvalue weighted by Gasteiger charge is 2.11. The Balaban J connectivity index is 3.05. The van der Waals surface area contributed by atoms with E-state index in [1.54, 1.807) is 10.6 Å². The van der Waals surface area contributed by atoms with Crippen LogP contribution in [0.4, 0.5) is 0 Å². The molecule has 0 unspecified atom stereocenters. The molecule has 0 bridgehead atoms. The highest BCUT2D eigenvalue weighted by Crippen LogP contribution is 2.27. The van der Waals surface area contributed by atoms with E-state index in [0.717, 1.165) is 5.52 Å². The Kier molecular flexibility index (Phi) is 2.44. The van der Waals surface area contributed by atoms with E-state index in [9.17, 15) is 9.90 Å². The van der Waals surface area contributed by atoms with Crippen LogP contribution in [0.2, 0.25) is 0 Å². The Morgan fingerprint density at radius 1 is 1.40 bits per heavy atom. The van der Waals surface area contributed by atoms with Gasteiger partial charge < -0.3 is 9.67 Å². The maximum atomic E-state index is 11.8. The van der Waals surface area contributed by atoms with Crippen molar-refractivity contribution < 1.29 is 5.11 Å². The molecule has 1 N–H and O–H groups in total. The minimum Gasteiger partial charge on any atom is -0.506 e. The molecule has 4 heteroatoms. The van der Waals surface area contributed by atoms with E-state index in [0.29, 0.717) is 11.9 Å². The van der Waals surface area contributed by atoms with E-state index in [4.69, 9.17) is 0 Å². The first kappa shape index (κ1) is 10.1. The number of aromatic nitrogens is 1. The number of fused-ring (bicyclic) bond motifs is 1. The highest BCUT2D eigenvalue weighted by atomic mass is 32.1. The van der Waals surface area contributed by atoms with Crippen molar-refractivity contribution in [3.05, 3.63) is 34.6 Å². The Labute approximate surface area is 92.4 Å². The molecule has 1 aromatic carbocycles. The molecule has 0 saturated heterocycles. The lowest BCUT2D eigenvalue weighted by Gasteiger charge is -2.10. The van der Waals surface area contributed by atoms with Gasteiger partial charge in [0.2, 0.25) is 0 Å². The number of nitrogens with zero attached hydrogens (tertiary/aromatic N) is 1. The lowest BCUT2D eigenvalue weighted by molar-refractivity contribution is 0.464. The smallest absolute Gasteiger partial charge is 0.268 e. The average molecular weight is 221 g/mol. The van der Waals surface area contributed by atoms with Crippen LogP contribution in [0.3, 0.4) is 0 Å². The van der Waals surface area contributed by atoms with Gasteiger partial charge >= 0.3 is 0 Å². The van der Waals surface area contributed by atoms with Crippen molar-refractivity contribution in [2.75, 3.05) is 0 Å². The Bertz CT molecular complexity index is 575. The van der Waals surface area contributed by atoms with Crippen molar-refractivity contribution in [2.24, 2.45) is 0 Å². The van der Waals surface area contributed by atoms with E-state index < -0.39 is 0 Å². The highest BCUT2D eigenvalue weighted by molar-refractivity contribution is 7.80. The molecule has 0 spiro atoms. The summed E-state index contributed by atoms with van der Waals surface area (Å²) < 4.78 is 1.59. The maximum absolute atomic E-state index is 11.8. The molecule has 2 aromatic rings. The zero-order valence-corrected chi connectivity index (χ0v) is 9.16. The molecule has 0 amide bonds. The van der Waals surface area contributed by atoms with Gasteiger partial charge in [0, 0.05) is 11.9 Å². The Hall–Kier alpha value is -1.42. The third-order valence-corrected chi connectivity index (χ3v) is 2.84. The normalized spacial score (nSPS) is 10.8. The van der Waals surface area contributed by atoms with Crippen molar-refractivity contribution >= 4 is 23.5 Å². The first-order valence-corrected chi connectivity index (χ1v) is 5.15. The molecule has 0 aliphatic heterocycles. The zero-order valence-electron chi connectivity index (χ0n) is 8.27. The Morgan fingerprint density at radius 2 is 2.07 bits per heavy atom. The average Bonchev–Trinajstić information content (AvgIpc) is 2.27. The van der Waals surface area contributed by atoms with E-state index >= 15 is 0 Å². The van der Waals surface area contributed by atoms with Gasteiger partial charge in [-0.3, -0.25) is 4.79 Å². The van der Waals surface area contributed by atoms with E-state index in [2.05, 4.69) is 12.6 Å². The molecule has 2 rings (SSSR count). The van der Waals surface area contributed by atoms with Gasteiger partial charge in [0.15, 0.2) is 0 Å². The fourth-order valence-electron chi connectivity index (χ4n) is 1.69. The summed E-state index contributed by atoms with van der Waals surface area (Å²) in [5.41, 5.74) is 0.484. The maximum Gasteiger partial charge on any atom is 0.268 e. The van der Waals surface area contributed by atoms with Crippen molar-refractivity contribution in [1.82, 2.24) is 4.57 Å². The van der Waals surface area contributed by atoms with Crippen LogP contribution in [0.1, 0.15) is 6.92 Å². The number of para-hydroxylation sites is 1. The van der Waals surface area contributed by atoms with Crippen LogP contribution in [-0.4, -0.2) is 9.67 Å². The van der Waals surface area contributed by atoms with Crippen LogP contribution in [-0.2, 0) is 6.54 Å². The number of rotatable bonds is 1. The van der Waals surface area contributed by atoms with Gasteiger partial charge in [-0.15, -0.1) is 12.6 Å². The third kappa shape index (κ3) is 1.41. The second-order valence-corrected chi connectivity index (χ2v) is 3.71. The van der Waals surface area contributed by atoms with Crippen LogP contribution >= 0.6 is 12.6 Å². The summed E-state index contributed by atoms with van der Waals surface area (Å²) in [7, 11) is 0. The van der Waals surface area contributed by atoms with Crippen LogP contribution < -0.4 is 5.56 Å². The molecule has 0 radical (unpaired) electrons. The largest absolute Gasteiger partial charge is 0.506 e. The monoisotopic (exact) mass is 221 g/mol. The summed E-state index contributed by atoms with van der Waals surface area (Å²) in [5, 5.41) is 10.4. The number of thiol groups is 1.